The first-order chi connectivity index (χ1) is 11.4. The van der Waals surface area contributed by atoms with Gasteiger partial charge in [-0.3, -0.25) is 0 Å². The number of rotatable bonds is 2. The molecule has 1 heteroatoms. The molecule has 1 nitrogen and oxygen atoms in total. The minimum atomic E-state index is -3.15. The van der Waals surface area contributed by atoms with Crippen molar-refractivity contribution < 1.29 is 20.2 Å². The zero-order valence-corrected chi connectivity index (χ0v) is 6.95. The highest BCUT2D eigenvalue weighted by molar-refractivity contribution is 5.29. The van der Waals surface area contributed by atoms with Crippen LogP contribution in [0.4, 0.5) is 0 Å². The largest absolute Gasteiger partial charge is 0.384 e. The molecule has 0 heterocycles. The summed E-state index contributed by atoms with van der Waals surface area (Å²) in [6.45, 7) is 0. The van der Waals surface area contributed by atoms with Crippen LogP contribution in [-0.2, 0) is 0 Å². The molecule has 2 aromatic carbocycles. The summed E-state index contributed by atoms with van der Waals surface area (Å²) in [5, 5.41) is 10.6. The van der Waals surface area contributed by atoms with Gasteiger partial charge in [0.1, 0.15) is 6.08 Å². The van der Waals surface area contributed by atoms with Gasteiger partial charge in [-0.15, -0.1) is 0 Å². The van der Waals surface area contributed by atoms with E-state index in [9.17, 15) is 5.11 Å². The second kappa shape index (κ2) is 4.07. The van der Waals surface area contributed by atoms with Gasteiger partial charge in [0.25, 0.3) is 0 Å². The van der Waals surface area contributed by atoms with Crippen LogP contribution >= 0.6 is 0 Å². The standard InChI is InChI=1S/C13H12O/c14-13(11-7-3-1-4-8-11)12-9-5-2-6-10-12/h1-10,13-14H/i1D,2D,3D,4D,5D,6D,7D,8D,9D,10D,13D. The molecule has 0 atom stereocenters. The molecule has 0 aliphatic carbocycles. The third-order valence-corrected chi connectivity index (χ3v) is 1.47. The molecule has 0 aromatic heterocycles. The Kier molecular flexibility index (Phi) is 0.787. The maximum absolute atomic E-state index is 10.6. The van der Waals surface area contributed by atoms with Crippen molar-refractivity contribution in [2.45, 2.75) is 6.08 Å². The molecule has 0 saturated heterocycles. The smallest absolute Gasteiger partial charge is 0.104 e. The van der Waals surface area contributed by atoms with E-state index in [0.29, 0.717) is 0 Å². The highest BCUT2D eigenvalue weighted by atomic mass is 16.3. The zero-order chi connectivity index (χ0) is 19.4. The van der Waals surface area contributed by atoms with Crippen LogP contribution in [0.2, 0.25) is 0 Å². The van der Waals surface area contributed by atoms with E-state index in [1.807, 2.05) is 0 Å². The lowest BCUT2D eigenvalue weighted by Gasteiger charge is -2.10. The van der Waals surface area contributed by atoms with Crippen LogP contribution in [0, 0.1) is 0 Å². The predicted molar refractivity (Wildman–Crippen MR) is 56.9 cm³/mol. The molecule has 70 valence electrons. The minimum absolute atomic E-state index is 0.740. The third kappa shape index (κ3) is 1.83. The van der Waals surface area contributed by atoms with E-state index in [0.717, 1.165) is 0 Å². The summed E-state index contributed by atoms with van der Waals surface area (Å²) in [5.41, 5.74) is -1.78. The quantitative estimate of drug-likeness (QED) is 0.781. The fraction of sp³-hybridized carbons (Fsp3) is 0.0769. The molecule has 0 radical (unpaired) electrons. The molecule has 0 aliphatic heterocycles. The fourth-order valence-corrected chi connectivity index (χ4v) is 0.862. The molecule has 0 amide bonds. The molecule has 0 bridgehead atoms. The van der Waals surface area contributed by atoms with Gasteiger partial charge in [-0.2, -0.15) is 0 Å². The van der Waals surface area contributed by atoms with Crippen LogP contribution in [0.15, 0.2) is 60.4 Å². The van der Waals surface area contributed by atoms with E-state index >= 15 is 0 Å². The minimum Gasteiger partial charge on any atom is -0.384 e. The SMILES string of the molecule is [2H]c1c([2H])c([2H])c(C([2H])(O)c2c([2H])c([2H])c([2H])c([2H])c2[2H])c([2H])c1[2H]. The Morgan fingerprint density at radius 2 is 1.21 bits per heavy atom. The lowest BCUT2D eigenvalue weighted by atomic mass is 10.0. The Labute approximate surface area is 99.1 Å². The molecular weight excluding hydrogens is 172 g/mol. The average molecular weight is 195 g/mol. The Balaban J connectivity index is 2.96. The maximum Gasteiger partial charge on any atom is 0.104 e. The van der Waals surface area contributed by atoms with Crippen LogP contribution in [0.3, 0.4) is 0 Å². The summed E-state index contributed by atoms with van der Waals surface area (Å²) in [5.74, 6) is 0. The Morgan fingerprint density at radius 1 is 0.857 bits per heavy atom. The van der Waals surface area contributed by atoms with Crippen molar-refractivity contribution in [3.05, 3.63) is 71.6 Å². The van der Waals surface area contributed by atoms with Crippen LogP contribution < -0.4 is 0 Å². The zero-order valence-electron chi connectivity index (χ0n) is 17.9. The first-order valence-electron chi connectivity index (χ1n) is 9.22. The normalized spacial score (nSPS) is 22.2. The lowest BCUT2D eigenvalue weighted by Crippen LogP contribution is -1.98. The molecule has 1 N–H and O–H groups in total. The summed E-state index contributed by atoms with van der Waals surface area (Å²) in [6.07, 6.45) is -3.15. The highest BCUT2D eigenvalue weighted by Gasteiger charge is 2.07. The van der Waals surface area contributed by atoms with Gasteiger partial charge < -0.3 is 5.11 Å². The molecule has 0 unspecified atom stereocenters. The van der Waals surface area contributed by atoms with Gasteiger partial charge in [0, 0.05) is 0 Å². The highest BCUT2D eigenvalue weighted by Crippen LogP contribution is 2.20. The van der Waals surface area contributed by atoms with Gasteiger partial charge in [0.15, 0.2) is 0 Å². The van der Waals surface area contributed by atoms with E-state index in [1.165, 1.54) is 0 Å². The number of benzene rings is 2. The van der Waals surface area contributed by atoms with Gasteiger partial charge >= 0.3 is 0 Å². The molecule has 0 spiro atoms. The monoisotopic (exact) mass is 195 g/mol. The van der Waals surface area contributed by atoms with Crippen molar-refractivity contribution in [2.24, 2.45) is 0 Å². The van der Waals surface area contributed by atoms with Crippen LogP contribution in [0.5, 0.6) is 0 Å². The molecule has 2 rings (SSSR count). The van der Waals surface area contributed by atoms with Crippen LogP contribution in [-0.4, -0.2) is 5.11 Å². The summed E-state index contributed by atoms with van der Waals surface area (Å²) >= 11 is 0. The summed E-state index contributed by atoms with van der Waals surface area (Å²) < 4.78 is 84.9. The molecule has 0 fully saturated rings. The number of hydrogen-bond acceptors (Lipinski definition) is 1. The molecular formula is C13H12O. The van der Waals surface area contributed by atoms with Crippen LogP contribution in [0.1, 0.15) is 32.3 Å². The maximum atomic E-state index is 10.6. The molecule has 14 heavy (non-hydrogen) atoms. The average Bonchev–Trinajstić information content (AvgIpc) is 2.54. The fourth-order valence-electron chi connectivity index (χ4n) is 0.862. The first-order valence-corrected chi connectivity index (χ1v) is 3.72. The second-order valence-electron chi connectivity index (χ2n) is 2.35. The van der Waals surface area contributed by atoms with Crippen molar-refractivity contribution in [3.8, 4) is 0 Å². The molecule has 0 saturated carbocycles. The van der Waals surface area contributed by atoms with E-state index in [1.54, 1.807) is 0 Å². The molecule has 2 aromatic rings. The lowest BCUT2D eigenvalue weighted by molar-refractivity contribution is 0.220. The third-order valence-electron chi connectivity index (χ3n) is 1.47. The Bertz CT molecular complexity index is 761. The van der Waals surface area contributed by atoms with Gasteiger partial charge in [0.05, 0.1) is 15.1 Å². The van der Waals surface area contributed by atoms with E-state index in [2.05, 4.69) is 0 Å². The summed E-state index contributed by atoms with van der Waals surface area (Å²) in [4.78, 5) is 0. The predicted octanol–water partition coefficient (Wildman–Crippen LogP) is 2.77. The Hall–Kier alpha value is -1.60. The van der Waals surface area contributed by atoms with Gasteiger partial charge in [0.2, 0.25) is 0 Å². The summed E-state index contributed by atoms with van der Waals surface area (Å²) in [6, 6.07) is -8.30. The van der Waals surface area contributed by atoms with E-state index in [-0.39, 0.29) is 0 Å². The van der Waals surface area contributed by atoms with Crippen molar-refractivity contribution >= 4 is 0 Å². The topological polar surface area (TPSA) is 20.2 Å². The van der Waals surface area contributed by atoms with E-state index in [4.69, 9.17) is 15.1 Å². The van der Waals surface area contributed by atoms with Gasteiger partial charge in [-0.1, -0.05) is 60.4 Å². The van der Waals surface area contributed by atoms with Gasteiger partial charge in [-0.05, 0) is 11.1 Å². The van der Waals surface area contributed by atoms with Crippen molar-refractivity contribution in [3.63, 3.8) is 0 Å². The van der Waals surface area contributed by atoms with Crippen molar-refractivity contribution in [1.82, 2.24) is 0 Å². The number of aliphatic hydroxyl groups is 1. The number of hydrogen-bond donors (Lipinski definition) is 1. The summed E-state index contributed by atoms with van der Waals surface area (Å²) in [7, 11) is 0. The van der Waals surface area contributed by atoms with E-state index < -0.39 is 77.6 Å². The first kappa shape index (κ1) is 2.71. The van der Waals surface area contributed by atoms with Crippen molar-refractivity contribution in [1.29, 1.82) is 0 Å². The second-order valence-corrected chi connectivity index (χ2v) is 2.35. The van der Waals surface area contributed by atoms with Crippen LogP contribution in [0.25, 0.3) is 0 Å². The van der Waals surface area contributed by atoms with Crippen molar-refractivity contribution in [2.75, 3.05) is 0 Å². The van der Waals surface area contributed by atoms with Gasteiger partial charge in [-0.25, -0.2) is 0 Å². The molecule has 0 aliphatic rings. The Morgan fingerprint density at radius 3 is 1.57 bits per heavy atom.